The standard InChI is InChI=1S/C20H32O7P2/c1-5-7-14-23-28(21,24-15-8-6-2)19(18-12-10-9-11-13-18)27-29(22)25-16-20(3,4)17-26-29/h3,9-13,19H,5-8,14-17H2,1-2,4H3. The highest BCUT2D eigenvalue weighted by atomic mass is 31.2. The fourth-order valence-electron chi connectivity index (χ4n) is 2.48. The summed E-state index contributed by atoms with van der Waals surface area (Å²) in [5, 5.41) is 0. The van der Waals surface area contributed by atoms with Crippen LogP contribution >= 0.6 is 15.4 Å². The Bertz CT molecular complexity index is 680. The molecule has 1 fully saturated rings. The summed E-state index contributed by atoms with van der Waals surface area (Å²) in [6.45, 7) is 12.1. The minimum absolute atomic E-state index is 0.0104. The van der Waals surface area contributed by atoms with Gasteiger partial charge in [-0.05, 0) is 25.3 Å². The van der Waals surface area contributed by atoms with Crippen molar-refractivity contribution < 1.29 is 31.7 Å². The Morgan fingerprint density at radius 3 is 2.10 bits per heavy atom. The zero-order chi connectivity index (χ0) is 21.4. The minimum Gasteiger partial charge on any atom is -0.307 e. The topological polar surface area (TPSA) is 80.3 Å². The molecule has 1 heterocycles. The summed E-state index contributed by atoms with van der Waals surface area (Å²) in [5.74, 6) is -1.25. The molecule has 0 amide bonds. The van der Waals surface area contributed by atoms with Crippen LogP contribution in [0, 0.1) is 12.3 Å². The van der Waals surface area contributed by atoms with E-state index in [-0.39, 0.29) is 26.4 Å². The van der Waals surface area contributed by atoms with Crippen LogP contribution in [-0.4, -0.2) is 26.4 Å². The van der Waals surface area contributed by atoms with Gasteiger partial charge in [-0.15, -0.1) is 0 Å². The van der Waals surface area contributed by atoms with Crippen LogP contribution in [0.1, 0.15) is 57.9 Å². The monoisotopic (exact) mass is 446 g/mol. The average molecular weight is 446 g/mol. The van der Waals surface area contributed by atoms with Crippen LogP contribution in [-0.2, 0) is 31.7 Å². The summed E-state index contributed by atoms with van der Waals surface area (Å²) < 4.78 is 54.7. The van der Waals surface area contributed by atoms with Gasteiger partial charge >= 0.3 is 15.4 Å². The molecule has 1 aromatic carbocycles. The molecule has 9 heteroatoms. The molecule has 1 aromatic rings. The van der Waals surface area contributed by atoms with Crippen molar-refractivity contribution in [1.82, 2.24) is 0 Å². The van der Waals surface area contributed by atoms with Crippen molar-refractivity contribution in [2.24, 2.45) is 5.41 Å². The van der Waals surface area contributed by atoms with Crippen molar-refractivity contribution in [3.63, 3.8) is 0 Å². The summed E-state index contributed by atoms with van der Waals surface area (Å²) in [6.07, 6.45) is 3.15. The van der Waals surface area contributed by atoms with Gasteiger partial charge in [0, 0.05) is 5.41 Å². The number of phosphoric ester groups is 1. The minimum atomic E-state index is -4.00. The van der Waals surface area contributed by atoms with Crippen molar-refractivity contribution in [1.29, 1.82) is 0 Å². The molecule has 1 aliphatic rings. The van der Waals surface area contributed by atoms with Crippen LogP contribution in [0.25, 0.3) is 0 Å². The van der Waals surface area contributed by atoms with Crippen LogP contribution in [0.2, 0.25) is 0 Å². The number of unbranched alkanes of at least 4 members (excludes halogenated alkanes) is 2. The van der Waals surface area contributed by atoms with E-state index in [1.54, 1.807) is 31.2 Å². The van der Waals surface area contributed by atoms with Crippen LogP contribution in [0.15, 0.2) is 30.3 Å². The first kappa shape index (κ1) is 24.7. The maximum absolute atomic E-state index is 13.8. The molecule has 2 radical (unpaired) electrons. The number of rotatable bonds is 12. The molecular weight excluding hydrogens is 414 g/mol. The smallest absolute Gasteiger partial charge is 0.307 e. The van der Waals surface area contributed by atoms with E-state index in [1.165, 1.54) is 0 Å². The second kappa shape index (κ2) is 11.2. The van der Waals surface area contributed by atoms with Gasteiger partial charge in [0.15, 0.2) is 5.85 Å². The van der Waals surface area contributed by atoms with E-state index >= 15 is 0 Å². The van der Waals surface area contributed by atoms with Gasteiger partial charge in [-0.25, -0.2) is 4.57 Å². The molecule has 0 N–H and O–H groups in total. The molecule has 164 valence electrons. The van der Waals surface area contributed by atoms with Crippen LogP contribution in [0.3, 0.4) is 0 Å². The first-order valence-electron chi connectivity index (χ1n) is 10.0. The Kier molecular flexibility index (Phi) is 9.56. The van der Waals surface area contributed by atoms with Crippen LogP contribution in [0.5, 0.6) is 0 Å². The Morgan fingerprint density at radius 2 is 1.62 bits per heavy atom. The first-order chi connectivity index (χ1) is 13.7. The SMILES string of the molecule is [CH]C1(C)COP(=O)(OC(c2ccccc2)P(=O)(OCCCC)OCCCC)OC1. The maximum atomic E-state index is 13.8. The van der Waals surface area contributed by atoms with E-state index in [4.69, 9.17) is 29.5 Å². The molecule has 1 aliphatic heterocycles. The van der Waals surface area contributed by atoms with Gasteiger partial charge in [-0.2, -0.15) is 0 Å². The molecule has 1 atom stereocenters. The van der Waals surface area contributed by atoms with Gasteiger partial charge in [-0.3, -0.25) is 18.1 Å². The van der Waals surface area contributed by atoms with E-state index < -0.39 is 26.7 Å². The zero-order valence-electron chi connectivity index (χ0n) is 17.5. The predicted molar refractivity (Wildman–Crippen MR) is 112 cm³/mol. The lowest BCUT2D eigenvalue weighted by Gasteiger charge is -2.35. The molecule has 0 bridgehead atoms. The maximum Gasteiger partial charge on any atom is 0.476 e. The highest BCUT2D eigenvalue weighted by molar-refractivity contribution is 7.55. The average Bonchev–Trinajstić information content (AvgIpc) is 2.70. The Labute approximate surface area is 174 Å². The summed E-state index contributed by atoms with van der Waals surface area (Å²) in [6, 6.07) is 8.78. The lowest BCUT2D eigenvalue weighted by Crippen LogP contribution is -2.30. The summed E-state index contributed by atoms with van der Waals surface area (Å²) in [5.41, 5.74) is -0.273. The molecule has 1 saturated heterocycles. The quantitative estimate of drug-likeness (QED) is 0.271. The van der Waals surface area contributed by atoms with Crippen LogP contribution in [0.4, 0.5) is 0 Å². The fraction of sp³-hybridized carbons (Fsp3) is 0.650. The number of phosphoric acid groups is 1. The predicted octanol–water partition coefficient (Wildman–Crippen LogP) is 6.40. The fourth-order valence-corrected chi connectivity index (χ4v) is 6.41. The molecule has 0 aliphatic carbocycles. The summed E-state index contributed by atoms with van der Waals surface area (Å²) in [7, 11) is -7.84. The number of hydrogen-bond donors (Lipinski definition) is 0. The number of hydrogen-bond acceptors (Lipinski definition) is 7. The molecule has 0 spiro atoms. The van der Waals surface area contributed by atoms with E-state index in [0.29, 0.717) is 18.4 Å². The number of benzene rings is 1. The van der Waals surface area contributed by atoms with Crippen LogP contribution < -0.4 is 0 Å². The Hall–Kier alpha value is -0.520. The Balaban J connectivity index is 2.31. The first-order valence-corrected chi connectivity index (χ1v) is 13.1. The highest BCUT2D eigenvalue weighted by Gasteiger charge is 2.47. The highest BCUT2D eigenvalue weighted by Crippen LogP contribution is 2.68. The molecule has 0 saturated carbocycles. The van der Waals surface area contributed by atoms with Crippen molar-refractivity contribution in [3.05, 3.63) is 42.8 Å². The normalized spacial score (nSPS) is 19.7. The lowest BCUT2D eigenvalue weighted by atomic mass is 9.97. The van der Waals surface area contributed by atoms with Gasteiger partial charge < -0.3 is 9.05 Å². The second-order valence-corrected chi connectivity index (χ2v) is 11.1. The van der Waals surface area contributed by atoms with E-state index in [9.17, 15) is 9.13 Å². The van der Waals surface area contributed by atoms with E-state index in [0.717, 1.165) is 12.8 Å². The van der Waals surface area contributed by atoms with Crippen molar-refractivity contribution in [3.8, 4) is 0 Å². The van der Waals surface area contributed by atoms with E-state index in [2.05, 4.69) is 0 Å². The van der Waals surface area contributed by atoms with Gasteiger partial charge in [0.25, 0.3) is 0 Å². The van der Waals surface area contributed by atoms with Gasteiger partial charge in [0.1, 0.15) is 0 Å². The van der Waals surface area contributed by atoms with Crippen molar-refractivity contribution in [2.45, 2.75) is 52.3 Å². The van der Waals surface area contributed by atoms with Gasteiger partial charge in [-0.1, -0.05) is 63.9 Å². The lowest BCUT2D eigenvalue weighted by molar-refractivity contribution is 0.00364. The molecule has 0 aromatic heterocycles. The second-order valence-electron chi connectivity index (χ2n) is 7.43. The Morgan fingerprint density at radius 1 is 1.10 bits per heavy atom. The molecule has 1 unspecified atom stereocenters. The van der Waals surface area contributed by atoms with Crippen molar-refractivity contribution >= 4 is 15.4 Å². The molecule has 29 heavy (non-hydrogen) atoms. The zero-order valence-corrected chi connectivity index (χ0v) is 19.2. The van der Waals surface area contributed by atoms with Gasteiger partial charge in [0.05, 0.1) is 26.4 Å². The third-order valence-corrected chi connectivity index (χ3v) is 7.83. The molecule has 7 nitrogen and oxygen atoms in total. The van der Waals surface area contributed by atoms with Crippen molar-refractivity contribution in [2.75, 3.05) is 26.4 Å². The molecular formula is C20H32O7P2. The van der Waals surface area contributed by atoms with E-state index in [1.807, 2.05) is 19.9 Å². The molecule has 2 rings (SSSR count). The third-order valence-electron chi connectivity index (χ3n) is 4.24. The summed E-state index contributed by atoms with van der Waals surface area (Å²) in [4.78, 5) is 0. The third kappa shape index (κ3) is 7.59. The summed E-state index contributed by atoms with van der Waals surface area (Å²) >= 11 is 0. The largest absolute Gasteiger partial charge is 0.476 e. The van der Waals surface area contributed by atoms with Gasteiger partial charge in [0.2, 0.25) is 0 Å².